The largest absolute Gasteiger partial charge is 0.496 e. The predicted molar refractivity (Wildman–Crippen MR) is 102 cm³/mol. The standard InChI is InChI=1S/C19H19Cl2N3O2/c1-12(24(2)11-14-10-16(21)7-8-17(14)25-3)18-22-23-19(26-18)13-5-4-6-15(20)9-13/h4-10,12H,11H2,1-3H3/p+1/t12-/m1/s1. The second kappa shape index (κ2) is 8.08. The molecule has 7 heteroatoms. The van der Waals surface area contributed by atoms with Crippen LogP contribution in [0.1, 0.15) is 24.4 Å². The number of quaternary nitrogens is 1. The lowest BCUT2D eigenvalue weighted by Gasteiger charge is -2.20. The van der Waals surface area contributed by atoms with Crippen LogP contribution in [0.5, 0.6) is 5.75 Å². The van der Waals surface area contributed by atoms with Crippen molar-refractivity contribution in [3.63, 3.8) is 0 Å². The minimum atomic E-state index is -0.000813. The molecule has 3 aromatic rings. The Bertz CT molecular complexity index is 898. The van der Waals surface area contributed by atoms with Crippen molar-refractivity contribution in [2.45, 2.75) is 19.5 Å². The number of aromatic nitrogens is 2. The molecule has 2 aromatic carbocycles. The minimum Gasteiger partial charge on any atom is -0.496 e. The molecule has 0 aliphatic heterocycles. The van der Waals surface area contributed by atoms with E-state index in [1.807, 2.05) is 37.3 Å². The van der Waals surface area contributed by atoms with Gasteiger partial charge in [0.1, 0.15) is 12.3 Å². The summed E-state index contributed by atoms with van der Waals surface area (Å²) in [6.45, 7) is 2.75. The van der Waals surface area contributed by atoms with Gasteiger partial charge in [-0.05, 0) is 43.3 Å². The first-order valence-electron chi connectivity index (χ1n) is 8.22. The number of nitrogens with one attached hydrogen (secondary N) is 1. The molecule has 1 N–H and O–H groups in total. The zero-order chi connectivity index (χ0) is 18.7. The smallest absolute Gasteiger partial charge is 0.274 e. The highest BCUT2D eigenvalue weighted by atomic mass is 35.5. The summed E-state index contributed by atoms with van der Waals surface area (Å²) < 4.78 is 11.3. The molecule has 0 aliphatic carbocycles. The summed E-state index contributed by atoms with van der Waals surface area (Å²) in [5.74, 6) is 1.84. The average Bonchev–Trinajstić information content (AvgIpc) is 3.11. The number of methoxy groups -OCH3 is 1. The fourth-order valence-electron chi connectivity index (χ4n) is 2.70. The monoisotopic (exact) mass is 392 g/mol. The van der Waals surface area contributed by atoms with Crippen LogP contribution in [-0.4, -0.2) is 24.4 Å². The Morgan fingerprint density at radius 2 is 1.88 bits per heavy atom. The highest BCUT2D eigenvalue weighted by molar-refractivity contribution is 6.31. The van der Waals surface area contributed by atoms with E-state index in [1.54, 1.807) is 19.2 Å². The van der Waals surface area contributed by atoms with E-state index < -0.39 is 0 Å². The van der Waals surface area contributed by atoms with Crippen molar-refractivity contribution in [3.8, 4) is 17.2 Å². The second-order valence-corrected chi connectivity index (χ2v) is 7.03. The normalized spacial score (nSPS) is 13.4. The van der Waals surface area contributed by atoms with Gasteiger partial charge in [-0.25, -0.2) is 0 Å². The molecular weight excluding hydrogens is 373 g/mol. The van der Waals surface area contributed by atoms with Crippen LogP contribution in [0.25, 0.3) is 11.5 Å². The van der Waals surface area contributed by atoms with Crippen LogP contribution in [-0.2, 0) is 6.54 Å². The van der Waals surface area contributed by atoms with Gasteiger partial charge in [-0.2, -0.15) is 0 Å². The predicted octanol–water partition coefficient (Wildman–Crippen LogP) is 3.83. The summed E-state index contributed by atoms with van der Waals surface area (Å²) in [5.41, 5.74) is 1.83. The van der Waals surface area contributed by atoms with Crippen molar-refractivity contribution in [1.82, 2.24) is 10.2 Å². The summed E-state index contributed by atoms with van der Waals surface area (Å²) >= 11 is 12.2. The first-order valence-corrected chi connectivity index (χ1v) is 8.97. The third-order valence-corrected chi connectivity index (χ3v) is 4.80. The molecule has 0 fully saturated rings. The van der Waals surface area contributed by atoms with E-state index in [1.165, 1.54) is 4.90 Å². The van der Waals surface area contributed by atoms with Gasteiger partial charge in [0.05, 0.1) is 14.2 Å². The van der Waals surface area contributed by atoms with E-state index in [0.29, 0.717) is 28.4 Å². The van der Waals surface area contributed by atoms with Crippen molar-refractivity contribution in [1.29, 1.82) is 0 Å². The molecule has 0 aliphatic rings. The Labute approximate surface area is 162 Å². The number of hydrogen-bond donors (Lipinski definition) is 1. The Morgan fingerprint density at radius 1 is 1.12 bits per heavy atom. The molecule has 5 nitrogen and oxygen atoms in total. The number of nitrogens with zero attached hydrogens (tertiary/aromatic N) is 2. The summed E-state index contributed by atoms with van der Waals surface area (Å²) in [6.07, 6.45) is 0. The molecule has 0 radical (unpaired) electrons. The first-order chi connectivity index (χ1) is 12.5. The number of ether oxygens (including phenoxy) is 1. The van der Waals surface area contributed by atoms with Gasteiger partial charge in [0.25, 0.3) is 5.89 Å². The lowest BCUT2D eigenvalue weighted by atomic mass is 10.1. The number of hydrogen-bond acceptors (Lipinski definition) is 4. The maximum atomic E-state index is 6.12. The van der Waals surface area contributed by atoms with E-state index in [0.717, 1.165) is 16.9 Å². The van der Waals surface area contributed by atoms with Crippen LogP contribution in [0.2, 0.25) is 10.0 Å². The van der Waals surface area contributed by atoms with E-state index in [9.17, 15) is 0 Å². The summed E-state index contributed by atoms with van der Waals surface area (Å²) in [4.78, 5) is 1.17. The van der Waals surface area contributed by atoms with Gasteiger partial charge in [-0.15, -0.1) is 10.2 Å². The maximum absolute atomic E-state index is 6.12. The van der Waals surface area contributed by atoms with Crippen molar-refractivity contribution in [2.75, 3.05) is 14.2 Å². The molecular formula is C19H20Cl2N3O2+. The highest BCUT2D eigenvalue weighted by Gasteiger charge is 2.23. The van der Waals surface area contributed by atoms with E-state index >= 15 is 0 Å². The van der Waals surface area contributed by atoms with Crippen molar-refractivity contribution >= 4 is 23.2 Å². The molecule has 1 heterocycles. The molecule has 0 spiro atoms. The molecule has 136 valence electrons. The molecule has 0 bridgehead atoms. The molecule has 0 saturated heterocycles. The van der Waals surface area contributed by atoms with E-state index in [4.69, 9.17) is 32.4 Å². The van der Waals surface area contributed by atoms with Crippen molar-refractivity contribution in [3.05, 3.63) is 64.0 Å². The van der Waals surface area contributed by atoms with Gasteiger partial charge in [0, 0.05) is 21.2 Å². The quantitative estimate of drug-likeness (QED) is 0.692. The third kappa shape index (κ3) is 4.18. The van der Waals surface area contributed by atoms with Crippen molar-refractivity contribution < 1.29 is 14.1 Å². The molecule has 3 rings (SSSR count). The van der Waals surface area contributed by atoms with Crippen LogP contribution in [0.4, 0.5) is 0 Å². The van der Waals surface area contributed by atoms with E-state index in [-0.39, 0.29) is 6.04 Å². The summed E-state index contributed by atoms with van der Waals surface area (Å²) in [7, 11) is 3.72. The number of rotatable bonds is 6. The van der Waals surface area contributed by atoms with Gasteiger partial charge in [0.2, 0.25) is 5.89 Å². The topological polar surface area (TPSA) is 52.6 Å². The lowest BCUT2D eigenvalue weighted by molar-refractivity contribution is -0.925. The summed E-state index contributed by atoms with van der Waals surface area (Å²) in [5, 5.41) is 9.67. The fourth-order valence-corrected chi connectivity index (χ4v) is 3.08. The Hall–Kier alpha value is -2.08. The van der Waals surface area contributed by atoms with Crippen molar-refractivity contribution in [2.24, 2.45) is 0 Å². The lowest BCUT2D eigenvalue weighted by Crippen LogP contribution is -3.07. The van der Waals surface area contributed by atoms with Crippen LogP contribution < -0.4 is 9.64 Å². The zero-order valence-corrected chi connectivity index (χ0v) is 16.3. The van der Waals surface area contributed by atoms with Gasteiger partial charge < -0.3 is 14.1 Å². The number of benzene rings is 2. The molecule has 1 unspecified atom stereocenters. The zero-order valence-electron chi connectivity index (χ0n) is 14.8. The molecule has 26 heavy (non-hydrogen) atoms. The second-order valence-electron chi connectivity index (χ2n) is 6.16. The van der Waals surface area contributed by atoms with Crippen LogP contribution in [0.3, 0.4) is 0 Å². The van der Waals surface area contributed by atoms with Gasteiger partial charge >= 0.3 is 0 Å². The third-order valence-electron chi connectivity index (χ3n) is 4.33. The maximum Gasteiger partial charge on any atom is 0.274 e. The number of halogens is 2. The van der Waals surface area contributed by atoms with Gasteiger partial charge in [-0.1, -0.05) is 29.3 Å². The molecule has 0 saturated carbocycles. The molecule has 0 amide bonds. The fraction of sp³-hybridized carbons (Fsp3) is 0.263. The molecule has 2 atom stereocenters. The van der Waals surface area contributed by atoms with Gasteiger partial charge in [-0.3, -0.25) is 0 Å². The average molecular weight is 393 g/mol. The SMILES string of the molecule is COc1ccc(Cl)cc1C[NH+](C)[C@H](C)c1nnc(-c2cccc(Cl)c2)o1. The summed E-state index contributed by atoms with van der Waals surface area (Å²) in [6, 6.07) is 13.0. The molecule has 1 aromatic heterocycles. The highest BCUT2D eigenvalue weighted by Crippen LogP contribution is 2.24. The minimum absolute atomic E-state index is 0.000813. The Morgan fingerprint density at radius 3 is 2.62 bits per heavy atom. The van der Waals surface area contributed by atoms with Gasteiger partial charge in [0.15, 0.2) is 6.04 Å². The Kier molecular flexibility index (Phi) is 5.81. The van der Waals surface area contributed by atoms with Crippen LogP contribution >= 0.6 is 23.2 Å². The Balaban J connectivity index is 1.77. The first kappa shape index (κ1) is 18.7. The van der Waals surface area contributed by atoms with Crippen LogP contribution in [0, 0.1) is 0 Å². The van der Waals surface area contributed by atoms with E-state index in [2.05, 4.69) is 17.2 Å². The van der Waals surface area contributed by atoms with Crippen LogP contribution in [0.15, 0.2) is 46.9 Å².